The molecule has 4 heteroatoms. The number of hydrogen-bond donors (Lipinski definition) is 1. The van der Waals surface area contributed by atoms with Crippen LogP contribution in [0.4, 0.5) is 0 Å². The van der Waals surface area contributed by atoms with Crippen LogP contribution in [0.15, 0.2) is 24.3 Å². The summed E-state index contributed by atoms with van der Waals surface area (Å²) in [4.78, 5) is 0. The van der Waals surface area contributed by atoms with Crippen LogP contribution in [-0.2, 0) is 17.3 Å². The second-order valence-corrected chi connectivity index (χ2v) is 6.61. The van der Waals surface area contributed by atoms with Gasteiger partial charge in [0.25, 0.3) is 0 Å². The Morgan fingerprint density at radius 2 is 1.94 bits per heavy atom. The molecule has 2 N–H and O–H groups in total. The molecule has 0 heterocycles. The number of benzene rings is 1. The standard InChI is InChI=1S/C14H23NO2S/c1-11(2)12(3)18(16)9-8-17-14-7-5-4-6-13(14)10-15/h4-7,11-12H,8-10,15H2,1-3H3. The highest BCUT2D eigenvalue weighted by Crippen LogP contribution is 2.17. The van der Waals surface area contributed by atoms with Gasteiger partial charge in [0.1, 0.15) is 5.75 Å². The zero-order chi connectivity index (χ0) is 13.5. The van der Waals surface area contributed by atoms with Gasteiger partial charge in [-0.25, -0.2) is 0 Å². The van der Waals surface area contributed by atoms with Crippen LogP contribution in [0.25, 0.3) is 0 Å². The fourth-order valence-electron chi connectivity index (χ4n) is 1.54. The van der Waals surface area contributed by atoms with E-state index in [0.29, 0.717) is 24.8 Å². The van der Waals surface area contributed by atoms with Crippen LogP contribution < -0.4 is 10.5 Å². The third-order valence-corrected chi connectivity index (χ3v) is 5.03. The summed E-state index contributed by atoms with van der Waals surface area (Å²) in [5, 5.41) is 0.207. The lowest BCUT2D eigenvalue weighted by molar-refractivity contribution is 0.338. The average Bonchev–Trinajstić information content (AvgIpc) is 2.38. The highest BCUT2D eigenvalue weighted by Gasteiger charge is 2.14. The van der Waals surface area contributed by atoms with E-state index in [2.05, 4.69) is 13.8 Å². The SMILES string of the molecule is CC(C)C(C)S(=O)CCOc1ccccc1CN. The Hall–Kier alpha value is -0.870. The van der Waals surface area contributed by atoms with Crippen molar-refractivity contribution in [2.24, 2.45) is 11.7 Å². The van der Waals surface area contributed by atoms with E-state index in [1.54, 1.807) is 0 Å². The largest absolute Gasteiger partial charge is 0.492 e. The third-order valence-electron chi connectivity index (χ3n) is 3.09. The molecule has 2 unspecified atom stereocenters. The van der Waals surface area contributed by atoms with Gasteiger partial charge < -0.3 is 10.5 Å². The lowest BCUT2D eigenvalue weighted by Crippen LogP contribution is -2.23. The smallest absolute Gasteiger partial charge is 0.123 e. The average molecular weight is 269 g/mol. The number of hydrogen-bond acceptors (Lipinski definition) is 3. The summed E-state index contributed by atoms with van der Waals surface area (Å²) < 4.78 is 17.6. The molecule has 1 aromatic carbocycles. The summed E-state index contributed by atoms with van der Waals surface area (Å²) >= 11 is 0. The highest BCUT2D eigenvalue weighted by molar-refractivity contribution is 7.85. The Labute approximate surface area is 112 Å². The van der Waals surface area contributed by atoms with E-state index >= 15 is 0 Å². The Bertz CT molecular complexity index is 393. The van der Waals surface area contributed by atoms with E-state index in [9.17, 15) is 4.21 Å². The van der Waals surface area contributed by atoms with Gasteiger partial charge in [0.05, 0.1) is 12.4 Å². The first-order chi connectivity index (χ1) is 8.56. The minimum atomic E-state index is -0.833. The molecule has 0 aliphatic heterocycles. The summed E-state index contributed by atoms with van der Waals surface area (Å²) in [7, 11) is -0.833. The van der Waals surface area contributed by atoms with Crippen molar-refractivity contribution in [1.82, 2.24) is 0 Å². The zero-order valence-electron chi connectivity index (χ0n) is 11.4. The molecule has 0 aromatic heterocycles. The van der Waals surface area contributed by atoms with Crippen molar-refractivity contribution in [2.75, 3.05) is 12.4 Å². The molecule has 2 atom stereocenters. The van der Waals surface area contributed by atoms with E-state index in [-0.39, 0.29) is 5.25 Å². The molecule has 0 amide bonds. The number of nitrogens with two attached hydrogens (primary N) is 1. The summed E-state index contributed by atoms with van der Waals surface area (Å²) in [6, 6.07) is 7.70. The lowest BCUT2D eigenvalue weighted by Gasteiger charge is -2.15. The van der Waals surface area contributed by atoms with Gasteiger partial charge in [0, 0.05) is 28.2 Å². The van der Waals surface area contributed by atoms with E-state index in [1.807, 2.05) is 31.2 Å². The van der Waals surface area contributed by atoms with E-state index in [0.717, 1.165) is 11.3 Å². The first-order valence-corrected chi connectivity index (χ1v) is 7.72. The van der Waals surface area contributed by atoms with Gasteiger partial charge in [-0.2, -0.15) is 0 Å². The molecule has 0 saturated carbocycles. The van der Waals surface area contributed by atoms with Gasteiger partial charge in [-0.1, -0.05) is 39.0 Å². The Balaban J connectivity index is 2.44. The van der Waals surface area contributed by atoms with Gasteiger partial charge in [-0.3, -0.25) is 4.21 Å². The highest BCUT2D eigenvalue weighted by atomic mass is 32.2. The zero-order valence-corrected chi connectivity index (χ0v) is 12.2. The van der Waals surface area contributed by atoms with E-state index in [4.69, 9.17) is 10.5 Å². The van der Waals surface area contributed by atoms with Crippen LogP contribution in [0, 0.1) is 5.92 Å². The molecule has 0 spiro atoms. The summed E-state index contributed by atoms with van der Waals surface area (Å²) in [6.45, 7) is 7.14. The third kappa shape index (κ3) is 4.42. The molecule has 0 bridgehead atoms. The summed E-state index contributed by atoms with van der Waals surface area (Å²) in [5.74, 6) is 1.80. The molecule has 1 rings (SSSR count). The number of ether oxygens (including phenoxy) is 1. The maximum Gasteiger partial charge on any atom is 0.123 e. The fourth-order valence-corrected chi connectivity index (χ4v) is 2.76. The number of rotatable bonds is 7. The minimum absolute atomic E-state index is 0.207. The van der Waals surface area contributed by atoms with Crippen LogP contribution in [0.1, 0.15) is 26.3 Å². The van der Waals surface area contributed by atoms with E-state index < -0.39 is 10.8 Å². The second kappa shape index (κ2) is 7.54. The molecule has 1 aromatic rings. The van der Waals surface area contributed by atoms with Crippen molar-refractivity contribution in [3.05, 3.63) is 29.8 Å². The van der Waals surface area contributed by atoms with Crippen molar-refractivity contribution >= 4 is 10.8 Å². The van der Waals surface area contributed by atoms with Gasteiger partial charge in [-0.05, 0) is 12.0 Å². The first kappa shape index (κ1) is 15.2. The molecule has 0 saturated heterocycles. The van der Waals surface area contributed by atoms with Gasteiger partial charge >= 0.3 is 0 Å². The molecular weight excluding hydrogens is 246 g/mol. The van der Waals surface area contributed by atoms with Gasteiger partial charge in [0.15, 0.2) is 0 Å². The van der Waals surface area contributed by atoms with Gasteiger partial charge in [0.2, 0.25) is 0 Å². The van der Waals surface area contributed by atoms with Crippen molar-refractivity contribution in [1.29, 1.82) is 0 Å². The molecule has 0 aliphatic rings. The predicted molar refractivity (Wildman–Crippen MR) is 77.1 cm³/mol. The van der Waals surface area contributed by atoms with Crippen LogP contribution in [0.3, 0.4) is 0 Å². The summed E-state index contributed by atoms with van der Waals surface area (Å²) in [6.07, 6.45) is 0. The molecule has 0 radical (unpaired) electrons. The fraction of sp³-hybridized carbons (Fsp3) is 0.571. The maximum absolute atomic E-state index is 11.9. The first-order valence-electron chi connectivity index (χ1n) is 6.34. The summed E-state index contributed by atoms with van der Waals surface area (Å²) in [5.41, 5.74) is 6.62. The second-order valence-electron chi connectivity index (χ2n) is 4.69. The van der Waals surface area contributed by atoms with Crippen molar-refractivity contribution in [3.8, 4) is 5.75 Å². The van der Waals surface area contributed by atoms with Crippen molar-refractivity contribution < 1.29 is 8.95 Å². The van der Waals surface area contributed by atoms with Crippen LogP contribution >= 0.6 is 0 Å². The molecule has 0 fully saturated rings. The van der Waals surface area contributed by atoms with Crippen LogP contribution in [0.5, 0.6) is 5.75 Å². The monoisotopic (exact) mass is 269 g/mol. The van der Waals surface area contributed by atoms with Crippen LogP contribution in [0.2, 0.25) is 0 Å². The van der Waals surface area contributed by atoms with Crippen molar-refractivity contribution in [3.63, 3.8) is 0 Å². The Kier molecular flexibility index (Phi) is 6.36. The normalized spacial score (nSPS) is 14.5. The molecule has 0 aliphatic carbocycles. The molecular formula is C14H23NO2S. The number of para-hydroxylation sites is 1. The van der Waals surface area contributed by atoms with Crippen molar-refractivity contribution in [2.45, 2.75) is 32.6 Å². The van der Waals surface area contributed by atoms with Crippen LogP contribution in [-0.4, -0.2) is 21.8 Å². The molecule has 18 heavy (non-hydrogen) atoms. The quantitative estimate of drug-likeness (QED) is 0.826. The van der Waals surface area contributed by atoms with Gasteiger partial charge in [-0.15, -0.1) is 0 Å². The topological polar surface area (TPSA) is 52.3 Å². The van der Waals surface area contributed by atoms with E-state index in [1.165, 1.54) is 0 Å². The lowest BCUT2D eigenvalue weighted by atomic mass is 10.2. The Morgan fingerprint density at radius 3 is 2.56 bits per heavy atom. The maximum atomic E-state index is 11.9. The minimum Gasteiger partial charge on any atom is -0.492 e. The molecule has 3 nitrogen and oxygen atoms in total. The predicted octanol–water partition coefficient (Wildman–Crippen LogP) is 2.32. The molecule has 102 valence electrons. The Morgan fingerprint density at radius 1 is 1.28 bits per heavy atom.